The number of nitrogens with one attached hydrogen (secondary N) is 1. The van der Waals surface area contributed by atoms with Crippen molar-refractivity contribution in [3.8, 4) is 22.5 Å². The summed E-state index contributed by atoms with van der Waals surface area (Å²) >= 11 is 0. The summed E-state index contributed by atoms with van der Waals surface area (Å²) in [5, 5.41) is 9.08. The maximum absolute atomic E-state index is 12.6. The number of imidazole rings is 2. The normalized spacial score (nSPS) is 14.7. The SMILES string of the molecule is CCN(CC)CC.CN(C(=O)n1cnc(-c2cccc(N)c2)c1)C1CCOCC1.CN(C(=O)n1cnc(-c2cccc(NS(N)(=O)=O)c2)c1)C1CCOCC1.NS(=O)(=O)Cl. The Hall–Kier alpha value is -4.61. The number of hydrogen-bond donors (Lipinski definition) is 4. The lowest BCUT2D eigenvalue weighted by Gasteiger charge is -2.30. The fraction of sp³-hybridized carbons (Fsp3) is 0.474. The Morgan fingerprint density at radius 2 is 1.15 bits per heavy atom. The molecule has 0 aliphatic carbocycles. The number of nitrogens with two attached hydrogens (primary N) is 3. The molecule has 0 atom stereocenters. The quantitative estimate of drug-likeness (QED) is 0.136. The maximum atomic E-state index is 12.6. The molecule has 2 aliphatic heterocycles. The lowest BCUT2D eigenvalue weighted by Crippen LogP contribution is -2.42. The van der Waals surface area contributed by atoms with E-state index in [1.165, 1.54) is 35.1 Å². The van der Waals surface area contributed by atoms with Crippen LogP contribution >= 0.6 is 10.7 Å². The second kappa shape index (κ2) is 24.0. The van der Waals surface area contributed by atoms with Crippen LogP contribution < -0.4 is 20.7 Å². The predicted molar refractivity (Wildman–Crippen MR) is 234 cm³/mol. The fourth-order valence-electron chi connectivity index (χ4n) is 6.25. The Balaban J connectivity index is 0.000000254. The van der Waals surface area contributed by atoms with Gasteiger partial charge in [0.2, 0.25) is 0 Å². The molecule has 0 unspecified atom stereocenters. The zero-order chi connectivity index (χ0) is 44.5. The van der Waals surface area contributed by atoms with Crippen LogP contribution in [0.25, 0.3) is 22.5 Å². The number of ether oxygens (including phenoxy) is 2. The van der Waals surface area contributed by atoms with Crippen LogP contribution in [0.15, 0.2) is 73.6 Å². The lowest BCUT2D eigenvalue weighted by atomic mass is 10.1. The van der Waals surface area contributed by atoms with E-state index in [1.807, 2.05) is 31.3 Å². The van der Waals surface area contributed by atoms with Crippen molar-refractivity contribution >= 4 is 53.6 Å². The van der Waals surface area contributed by atoms with Crippen molar-refractivity contribution < 1.29 is 35.9 Å². The minimum absolute atomic E-state index is 0.0745. The number of carbonyl (C=O) groups is 2. The molecule has 19 nitrogen and oxygen atoms in total. The van der Waals surface area contributed by atoms with Crippen LogP contribution in [0.3, 0.4) is 0 Å². The highest BCUT2D eigenvalue weighted by Gasteiger charge is 2.25. The number of rotatable bonds is 9. The number of halogens is 1. The zero-order valence-corrected chi connectivity index (χ0v) is 37.1. The molecule has 0 radical (unpaired) electrons. The van der Waals surface area contributed by atoms with Gasteiger partial charge in [0.1, 0.15) is 12.7 Å². The summed E-state index contributed by atoms with van der Waals surface area (Å²) in [4.78, 5) is 39.6. The molecule has 6 rings (SSSR count). The van der Waals surface area contributed by atoms with Crippen molar-refractivity contribution in [3.63, 3.8) is 0 Å². The summed E-state index contributed by atoms with van der Waals surface area (Å²) in [5.41, 5.74) is 9.65. The second-order valence-corrected chi connectivity index (χ2v) is 17.3. The van der Waals surface area contributed by atoms with E-state index in [0.717, 1.165) is 36.9 Å². The molecule has 2 aromatic heterocycles. The minimum Gasteiger partial charge on any atom is -0.399 e. The van der Waals surface area contributed by atoms with Gasteiger partial charge in [-0.05, 0) is 69.6 Å². The molecule has 2 amide bonds. The van der Waals surface area contributed by atoms with Gasteiger partial charge in [-0.25, -0.2) is 29.8 Å². The summed E-state index contributed by atoms with van der Waals surface area (Å²) < 4.78 is 56.5. The number of amides is 2. The number of carbonyl (C=O) groups excluding carboxylic acids is 2. The summed E-state index contributed by atoms with van der Waals surface area (Å²) in [6.07, 6.45) is 9.74. The third-order valence-corrected chi connectivity index (χ3v) is 10.2. The van der Waals surface area contributed by atoms with Crippen LogP contribution in [-0.4, -0.2) is 135 Å². The highest BCUT2D eigenvalue weighted by atomic mass is 35.7. The van der Waals surface area contributed by atoms with E-state index >= 15 is 0 Å². The van der Waals surface area contributed by atoms with Crippen LogP contribution in [0, 0.1) is 0 Å². The Morgan fingerprint density at radius 1 is 0.750 bits per heavy atom. The van der Waals surface area contributed by atoms with Gasteiger partial charge in [-0.1, -0.05) is 45.0 Å². The molecule has 0 saturated carbocycles. The van der Waals surface area contributed by atoms with E-state index in [-0.39, 0.29) is 24.1 Å². The molecule has 0 spiro atoms. The zero-order valence-electron chi connectivity index (χ0n) is 34.7. The van der Waals surface area contributed by atoms with Crippen molar-refractivity contribution in [1.82, 2.24) is 33.8 Å². The van der Waals surface area contributed by atoms with Crippen molar-refractivity contribution in [2.24, 2.45) is 10.3 Å². The van der Waals surface area contributed by atoms with E-state index in [1.54, 1.807) is 59.8 Å². The van der Waals surface area contributed by atoms with Gasteiger partial charge in [0.15, 0.2) is 0 Å². The predicted octanol–water partition coefficient (Wildman–Crippen LogP) is 4.23. The van der Waals surface area contributed by atoms with Crippen LogP contribution in [0.4, 0.5) is 21.0 Å². The molecule has 332 valence electrons. The first-order valence-corrected chi connectivity index (χ1v) is 23.2. The van der Waals surface area contributed by atoms with Crippen LogP contribution in [0.1, 0.15) is 46.5 Å². The van der Waals surface area contributed by atoms with Crippen molar-refractivity contribution in [2.45, 2.75) is 58.5 Å². The van der Waals surface area contributed by atoms with Gasteiger partial charge in [-0.3, -0.25) is 13.9 Å². The first-order chi connectivity index (χ1) is 28.3. The third-order valence-electron chi connectivity index (χ3n) is 9.63. The molecular formula is C38H58ClN11O8S2. The maximum Gasteiger partial charge on any atom is 0.329 e. The molecule has 7 N–H and O–H groups in total. The van der Waals surface area contributed by atoms with E-state index in [9.17, 15) is 26.4 Å². The van der Waals surface area contributed by atoms with Gasteiger partial charge in [-0.15, -0.1) is 0 Å². The third kappa shape index (κ3) is 17.2. The standard InChI is InChI=1S/C16H21N5O4S.C16H20N4O2.C6H15N.ClH2NO2S/c1-20(14-5-7-25-8-6-14)16(22)21-10-15(18-11-21)12-3-2-4-13(9-12)19-26(17,23)24;1-19(14-5-7-22-8-6-14)16(21)20-10-15(18-11-20)12-3-2-4-13(17)9-12;1-4-7(5-2)6-3;1-5(2,3)4/h2-4,9-11,14,19H,5-8H2,1H3,(H2,17,23,24);2-4,9-11,14H,5-8,17H2,1H3;4-6H2,1-3H3;(H2,2,3,4). The first-order valence-electron chi connectivity index (χ1n) is 19.3. The van der Waals surface area contributed by atoms with Crippen LogP contribution in [0.5, 0.6) is 0 Å². The molecule has 60 heavy (non-hydrogen) atoms. The number of hydrogen-bond acceptors (Lipinski definition) is 12. The Morgan fingerprint density at radius 3 is 1.52 bits per heavy atom. The Bertz CT molecular complexity index is 2160. The van der Waals surface area contributed by atoms with E-state index in [4.69, 9.17) is 20.3 Å². The van der Waals surface area contributed by atoms with Crippen LogP contribution in [-0.2, 0) is 28.9 Å². The minimum atomic E-state index is -3.85. The monoisotopic (exact) mass is 895 g/mol. The van der Waals surface area contributed by atoms with Crippen LogP contribution in [0.2, 0.25) is 0 Å². The number of benzene rings is 2. The number of nitrogen functional groups attached to an aromatic ring is 1. The van der Waals surface area contributed by atoms with Gasteiger partial charge in [0.25, 0.3) is 19.4 Å². The van der Waals surface area contributed by atoms with Crippen molar-refractivity contribution in [2.75, 3.05) is 70.6 Å². The summed E-state index contributed by atoms with van der Waals surface area (Å²) in [6, 6.07) is 14.2. The first kappa shape index (κ1) is 49.8. The van der Waals surface area contributed by atoms with Gasteiger partial charge < -0.3 is 29.9 Å². The average molecular weight is 897 g/mol. The molecular weight excluding hydrogens is 838 g/mol. The van der Waals surface area contributed by atoms with E-state index in [0.29, 0.717) is 49.1 Å². The van der Waals surface area contributed by atoms with Gasteiger partial charge in [0.05, 0.1) is 17.1 Å². The summed E-state index contributed by atoms with van der Waals surface area (Å²) in [7, 11) is 0.335. The Labute approximate surface area is 357 Å². The largest absolute Gasteiger partial charge is 0.399 e. The molecule has 2 aromatic carbocycles. The fourth-order valence-corrected chi connectivity index (χ4v) is 6.71. The van der Waals surface area contributed by atoms with Crippen molar-refractivity contribution in [3.05, 3.63) is 73.6 Å². The average Bonchev–Trinajstić information content (AvgIpc) is 3.92. The number of anilines is 2. The van der Waals surface area contributed by atoms with E-state index in [2.05, 4.69) is 56.2 Å². The Kier molecular flexibility index (Phi) is 19.9. The summed E-state index contributed by atoms with van der Waals surface area (Å²) in [5.74, 6) is 0. The molecule has 4 heterocycles. The molecule has 0 bridgehead atoms. The van der Waals surface area contributed by atoms with Crippen molar-refractivity contribution in [1.29, 1.82) is 0 Å². The second-order valence-electron chi connectivity index (χ2n) is 13.8. The lowest BCUT2D eigenvalue weighted by molar-refractivity contribution is 0.0525. The number of nitrogens with zero attached hydrogens (tertiary/aromatic N) is 7. The van der Waals surface area contributed by atoms with E-state index < -0.39 is 19.4 Å². The smallest absolute Gasteiger partial charge is 0.329 e. The molecule has 2 aliphatic rings. The van der Waals surface area contributed by atoms with Gasteiger partial charge in [-0.2, -0.15) is 16.8 Å². The topological polar surface area (TPSA) is 256 Å². The molecule has 22 heteroatoms. The summed E-state index contributed by atoms with van der Waals surface area (Å²) in [6.45, 7) is 12.9. The van der Waals surface area contributed by atoms with Gasteiger partial charge >= 0.3 is 12.1 Å². The van der Waals surface area contributed by atoms with Gasteiger partial charge in [0, 0.05) is 92.5 Å². The highest BCUT2D eigenvalue weighted by Crippen LogP contribution is 2.23. The molecule has 2 saturated heterocycles. The highest BCUT2D eigenvalue weighted by molar-refractivity contribution is 8.11. The molecule has 2 fully saturated rings. The number of aromatic nitrogens is 4. The molecule has 4 aromatic rings.